The van der Waals surface area contributed by atoms with E-state index in [-0.39, 0.29) is 17.8 Å². The van der Waals surface area contributed by atoms with Gasteiger partial charge in [-0.3, -0.25) is 0 Å². The molecule has 14 heavy (non-hydrogen) atoms. The van der Waals surface area contributed by atoms with Crippen LogP contribution in [0.4, 0.5) is 0 Å². The quantitative estimate of drug-likeness (QED) is 0.717. The number of cyclic esters (lactones) is 1. The van der Waals surface area contributed by atoms with Crippen molar-refractivity contribution in [3.05, 3.63) is 42.0 Å². The van der Waals surface area contributed by atoms with Crippen LogP contribution in [0.3, 0.4) is 0 Å². The van der Waals surface area contributed by atoms with Crippen LogP contribution in [0, 0.1) is 0 Å². The molecule has 0 aliphatic carbocycles. The molecule has 0 bridgehead atoms. The number of carbonyl (C=O) groups excluding carboxylic acids is 1. The van der Waals surface area contributed by atoms with Crippen LogP contribution in [0.1, 0.15) is 5.56 Å². The Morgan fingerprint density at radius 2 is 2.29 bits per heavy atom. The fraction of sp³-hybridized carbons (Fsp3) is 0.182. The lowest BCUT2D eigenvalue weighted by Crippen LogP contribution is -2.10. The third kappa shape index (κ3) is 1.93. The van der Waals surface area contributed by atoms with Crippen LogP contribution in [0.2, 0.25) is 0 Å². The Hall–Kier alpha value is -1.77. The number of rotatable bonds is 2. The Morgan fingerprint density at radius 1 is 1.43 bits per heavy atom. The van der Waals surface area contributed by atoms with Crippen molar-refractivity contribution in [1.82, 2.24) is 0 Å². The molecule has 1 unspecified atom stereocenters. The van der Waals surface area contributed by atoms with E-state index >= 15 is 0 Å². The van der Waals surface area contributed by atoms with Crippen molar-refractivity contribution in [2.75, 3.05) is 0 Å². The zero-order chi connectivity index (χ0) is 9.97. The van der Waals surface area contributed by atoms with Gasteiger partial charge < -0.3 is 9.84 Å². The van der Waals surface area contributed by atoms with E-state index < -0.39 is 0 Å². The minimum atomic E-state index is -0.296. The molecule has 0 amide bonds. The highest BCUT2D eigenvalue weighted by Crippen LogP contribution is 2.16. The number of esters is 1. The van der Waals surface area contributed by atoms with Gasteiger partial charge in [0.1, 0.15) is 11.9 Å². The van der Waals surface area contributed by atoms with Gasteiger partial charge in [-0.1, -0.05) is 12.1 Å². The first-order chi connectivity index (χ1) is 6.74. The highest BCUT2D eigenvalue weighted by molar-refractivity contribution is 5.84. The summed E-state index contributed by atoms with van der Waals surface area (Å²) < 4.78 is 4.97. The van der Waals surface area contributed by atoms with E-state index in [4.69, 9.17) is 4.74 Å². The van der Waals surface area contributed by atoms with Gasteiger partial charge in [-0.25, -0.2) is 4.79 Å². The van der Waals surface area contributed by atoms with E-state index in [9.17, 15) is 9.90 Å². The Bertz CT molecular complexity index is 382. The standard InChI is InChI=1S/C11H10O3/c12-9-3-1-2-8(6-9)7-10-4-5-11(13)14-10/h1-6,10,12H,7H2. The summed E-state index contributed by atoms with van der Waals surface area (Å²) in [6.07, 6.45) is 3.57. The third-order valence-electron chi connectivity index (χ3n) is 2.06. The average Bonchev–Trinajstić information content (AvgIpc) is 2.51. The fourth-order valence-electron chi connectivity index (χ4n) is 1.44. The van der Waals surface area contributed by atoms with E-state index in [0.717, 1.165) is 5.56 Å². The summed E-state index contributed by atoms with van der Waals surface area (Å²) in [5, 5.41) is 9.21. The second-order valence-electron chi connectivity index (χ2n) is 3.21. The summed E-state index contributed by atoms with van der Waals surface area (Å²) in [5.74, 6) is -0.0639. The molecule has 1 aliphatic heterocycles. The molecule has 0 saturated heterocycles. The molecule has 0 saturated carbocycles. The molecule has 1 aromatic carbocycles. The van der Waals surface area contributed by atoms with Gasteiger partial charge in [-0.2, -0.15) is 0 Å². The fourth-order valence-corrected chi connectivity index (χ4v) is 1.44. The Kier molecular flexibility index (Phi) is 2.23. The Labute approximate surface area is 81.6 Å². The molecule has 72 valence electrons. The molecule has 0 aromatic heterocycles. The van der Waals surface area contributed by atoms with Gasteiger partial charge >= 0.3 is 5.97 Å². The van der Waals surface area contributed by atoms with Crippen LogP contribution >= 0.6 is 0 Å². The third-order valence-corrected chi connectivity index (χ3v) is 2.06. The molecule has 2 rings (SSSR count). The van der Waals surface area contributed by atoms with Crippen molar-refractivity contribution in [3.8, 4) is 5.75 Å². The van der Waals surface area contributed by atoms with Crippen molar-refractivity contribution in [2.45, 2.75) is 12.5 Å². The number of carbonyl (C=O) groups is 1. The molecular formula is C11H10O3. The van der Waals surface area contributed by atoms with Crippen molar-refractivity contribution in [2.24, 2.45) is 0 Å². The average molecular weight is 190 g/mol. The molecule has 1 N–H and O–H groups in total. The summed E-state index contributed by atoms with van der Waals surface area (Å²) in [4.78, 5) is 10.8. The summed E-state index contributed by atoms with van der Waals surface area (Å²) in [7, 11) is 0. The van der Waals surface area contributed by atoms with Gasteiger partial charge in [0.15, 0.2) is 0 Å². The summed E-state index contributed by atoms with van der Waals surface area (Å²) >= 11 is 0. The lowest BCUT2D eigenvalue weighted by molar-refractivity contribution is -0.138. The van der Waals surface area contributed by atoms with Gasteiger partial charge in [-0.05, 0) is 23.8 Å². The SMILES string of the molecule is O=C1C=CC(Cc2cccc(O)c2)O1. The number of phenols is 1. The summed E-state index contributed by atoms with van der Waals surface area (Å²) in [6, 6.07) is 6.94. The van der Waals surface area contributed by atoms with Crippen LogP contribution in [-0.4, -0.2) is 17.2 Å². The van der Waals surface area contributed by atoms with E-state index in [1.165, 1.54) is 6.08 Å². The second-order valence-corrected chi connectivity index (χ2v) is 3.21. The van der Waals surface area contributed by atoms with E-state index in [1.807, 2.05) is 6.07 Å². The van der Waals surface area contributed by atoms with Crippen LogP contribution in [-0.2, 0) is 16.0 Å². The molecule has 1 heterocycles. The van der Waals surface area contributed by atoms with Crippen LogP contribution in [0.5, 0.6) is 5.75 Å². The van der Waals surface area contributed by atoms with Gasteiger partial charge in [-0.15, -0.1) is 0 Å². The first kappa shape index (κ1) is 8.81. The summed E-state index contributed by atoms with van der Waals surface area (Å²) in [5.41, 5.74) is 0.953. The molecule has 1 atom stereocenters. The number of benzene rings is 1. The number of hydrogen-bond acceptors (Lipinski definition) is 3. The molecule has 3 nitrogen and oxygen atoms in total. The van der Waals surface area contributed by atoms with Gasteiger partial charge in [0.2, 0.25) is 0 Å². The molecule has 1 aromatic rings. The highest BCUT2D eigenvalue weighted by atomic mass is 16.5. The van der Waals surface area contributed by atoms with Gasteiger partial charge in [0.05, 0.1) is 0 Å². The molecule has 0 spiro atoms. The lowest BCUT2D eigenvalue weighted by Gasteiger charge is -2.08. The molecular weight excluding hydrogens is 180 g/mol. The van der Waals surface area contributed by atoms with Gasteiger partial charge in [0, 0.05) is 12.5 Å². The first-order valence-corrected chi connectivity index (χ1v) is 4.41. The maximum absolute atomic E-state index is 10.8. The highest BCUT2D eigenvalue weighted by Gasteiger charge is 2.16. The zero-order valence-corrected chi connectivity index (χ0v) is 7.51. The van der Waals surface area contributed by atoms with E-state index in [0.29, 0.717) is 6.42 Å². The predicted octanol–water partition coefficient (Wildman–Crippen LogP) is 1.42. The van der Waals surface area contributed by atoms with Gasteiger partial charge in [0.25, 0.3) is 0 Å². The Morgan fingerprint density at radius 3 is 2.93 bits per heavy atom. The maximum Gasteiger partial charge on any atom is 0.331 e. The van der Waals surface area contributed by atoms with E-state index in [1.54, 1.807) is 24.3 Å². The predicted molar refractivity (Wildman–Crippen MR) is 50.8 cm³/mol. The number of aromatic hydroxyl groups is 1. The molecule has 0 radical (unpaired) electrons. The van der Waals surface area contributed by atoms with Crippen molar-refractivity contribution in [1.29, 1.82) is 0 Å². The maximum atomic E-state index is 10.8. The van der Waals surface area contributed by atoms with Crippen LogP contribution in [0.25, 0.3) is 0 Å². The minimum Gasteiger partial charge on any atom is -0.508 e. The lowest BCUT2D eigenvalue weighted by atomic mass is 10.1. The second kappa shape index (κ2) is 3.54. The normalized spacial score (nSPS) is 19.7. The molecule has 1 aliphatic rings. The smallest absolute Gasteiger partial charge is 0.331 e. The topological polar surface area (TPSA) is 46.5 Å². The number of hydrogen-bond donors (Lipinski definition) is 1. The summed E-state index contributed by atoms with van der Waals surface area (Å²) in [6.45, 7) is 0. The van der Waals surface area contributed by atoms with Crippen LogP contribution in [0.15, 0.2) is 36.4 Å². The van der Waals surface area contributed by atoms with Crippen LogP contribution < -0.4 is 0 Å². The first-order valence-electron chi connectivity index (χ1n) is 4.41. The molecule has 0 fully saturated rings. The zero-order valence-electron chi connectivity index (χ0n) is 7.51. The minimum absolute atomic E-state index is 0.190. The Balaban J connectivity index is 2.05. The largest absolute Gasteiger partial charge is 0.508 e. The van der Waals surface area contributed by atoms with Crippen molar-refractivity contribution < 1.29 is 14.6 Å². The van der Waals surface area contributed by atoms with Crippen molar-refractivity contribution >= 4 is 5.97 Å². The van der Waals surface area contributed by atoms with E-state index in [2.05, 4.69) is 0 Å². The number of phenolic OH excluding ortho intramolecular Hbond substituents is 1. The van der Waals surface area contributed by atoms with Crippen molar-refractivity contribution in [3.63, 3.8) is 0 Å². The molecule has 3 heteroatoms. The number of ether oxygens (including phenoxy) is 1. The monoisotopic (exact) mass is 190 g/mol.